The molecule has 0 saturated heterocycles. The first kappa shape index (κ1) is 13.2. The van der Waals surface area contributed by atoms with Gasteiger partial charge in [-0.2, -0.15) is 0 Å². The Bertz CT molecular complexity index is 377. The minimum absolute atomic E-state index is 0.136. The highest BCUT2D eigenvalue weighted by atomic mass is 16.5. The van der Waals surface area contributed by atoms with E-state index in [-0.39, 0.29) is 12.1 Å². The number of nitrogens with one attached hydrogen (secondary N) is 1. The Morgan fingerprint density at radius 2 is 2.11 bits per heavy atom. The maximum Gasteiger partial charge on any atom is 0.119 e. The molecule has 0 aliphatic heterocycles. The molecule has 1 aromatic carbocycles. The van der Waals surface area contributed by atoms with Crippen molar-refractivity contribution in [2.75, 3.05) is 19.0 Å². The summed E-state index contributed by atoms with van der Waals surface area (Å²) in [4.78, 5) is 0. The van der Waals surface area contributed by atoms with Crippen molar-refractivity contribution >= 4 is 5.69 Å². The van der Waals surface area contributed by atoms with Crippen LogP contribution in [0, 0.1) is 5.92 Å². The Balaban J connectivity index is 2.14. The van der Waals surface area contributed by atoms with Gasteiger partial charge in [0.15, 0.2) is 0 Å². The van der Waals surface area contributed by atoms with Crippen molar-refractivity contribution in [3.63, 3.8) is 0 Å². The van der Waals surface area contributed by atoms with Crippen molar-refractivity contribution in [3.8, 4) is 5.75 Å². The molecule has 2 unspecified atom stereocenters. The molecule has 3 heteroatoms. The Morgan fingerprint density at radius 1 is 1.39 bits per heavy atom. The van der Waals surface area contributed by atoms with Gasteiger partial charge in [-0.15, -0.1) is 0 Å². The third-order valence-corrected chi connectivity index (χ3v) is 4.22. The van der Waals surface area contributed by atoms with E-state index in [1.807, 2.05) is 24.3 Å². The number of hydrogen-bond acceptors (Lipinski definition) is 3. The van der Waals surface area contributed by atoms with Crippen LogP contribution in [0.1, 0.15) is 32.6 Å². The first-order valence-corrected chi connectivity index (χ1v) is 6.77. The molecule has 100 valence electrons. The third kappa shape index (κ3) is 2.46. The van der Waals surface area contributed by atoms with Crippen LogP contribution in [-0.4, -0.2) is 24.4 Å². The first-order valence-electron chi connectivity index (χ1n) is 6.77. The summed E-state index contributed by atoms with van der Waals surface area (Å²) < 4.78 is 5.16. The molecule has 0 heterocycles. The molecule has 1 aromatic rings. The molecule has 1 aliphatic rings. The number of ether oxygens (including phenoxy) is 1. The Hall–Kier alpha value is -1.22. The van der Waals surface area contributed by atoms with Gasteiger partial charge < -0.3 is 15.2 Å². The molecule has 0 amide bonds. The van der Waals surface area contributed by atoms with Gasteiger partial charge in [0.2, 0.25) is 0 Å². The maximum atomic E-state index is 9.79. The lowest BCUT2D eigenvalue weighted by Crippen LogP contribution is -2.45. The molecule has 3 nitrogen and oxygen atoms in total. The molecule has 2 N–H and O–H groups in total. The van der Waals surface area contributed by atoms with Gasteiger partial charge in [-0.25, -0.2) is 0 Å². The van der Waals surface area contributed by atoms with E-state index in [0.29, 0.717) is 5.92 Å². The van der Waals surface area contributed by atoms with Gasteiger partial charge in [0.25, 0.3) is 0 Å². The smallest absolute Gasteiger partial charge is 0.119 e. The quantitative estimate of drug-likeness (QED) is 0.842. The Morgan fingerprint density at radius 3 is 2.67 bits per heavy atom. The average molecular weight is 249 g/mol. The van der Waals surface area contributed by atoms with Crippen molar-refractivity contribution in [1.82, 2.24) is 0 Å². The fourth-order valence-corrected chi connectivity index (χ4v) is 3.11. The van der Waals surface area contributed by atoms with Crippen LogP contribution in [0.25, 0.3) is 0 Å². The van der Waals surface area contributed by atoms with Crippen molar-refractivity contribution in [2.24, 2.45) is 5.92 Å². The minimum Gasteiger partial charge on any atom is -0.497 e. The van der Waals surface area contributed by atoms with E-state index >= 15 is 0 Å². The van der Waals surface area contributed by atoms with Crippen molar-refractivity contribution in [3.05, 3.63) is 24.3 Å². The van der Waals surface area contributed by atoms with E-state index in [2.05, 4.69) is 12.2 Å². The summed E-state index contributed by atoms with van der Waals surface area (Å²) in [5.41, 5.74) is 0.925. The zero-order chi connectivity index (χ0) is 13.0. The predicted octanol–water partition coefficient (Wildman–Crippen LogP) is 3.05. The van der Waals surface area contributed by atoms with Crippen molar-refractivity contribution < 1.29 is 9.84 Å². The SMILES string of the molecule is CCC1CCCC1(CO)Nc1ccc(OC)cc1. The van der Waals surface area contributed by atoms with Gasteiger partial charge in [-0.3, -0.25) is 0 Å². The maximum absolute atomic E-state index is 9.79. The molecular formula is C15H23NO2. The molecule has 0 spiro atoms. The second-order valence-electron chi connectivity index (χ2n) is 5.17. The zero-order valence-electron chi connectivity index (χ0n) is 11.3. The van der Waals surface area contributed by atoms with E-state index in [0.717, 1.165) is 24.3 Å². The molecule has 1 fully saturated rings. The minimum atomic E-state index is -0.136. The van der Waals surface area contributed by atoms with Crippen LogP contribution in [0.15, 0.2) is 24.3 Å². The highest BCUT2D eigenvalue weighted by Gasteiger charge is 2.41. The third-order valence-electron chi connectivity index (χ3n) is 4.22. The van der Waals surface area contributed by atoms with Gasteiger partial charge in [-0.05, 0) is 43.0 Å². The van der Waals surface area contributed by atoms with Gasteiger partial charge in [0.05, 0.1) is 19.3 Å². The summed E-state index contributed by atoms with van der Waals surface area (Å²) >= 11 is 0. The number of rotatable bonds is 5. The number of aliphatic hydroxyl groups is 1. The fourth-order valence-electron chi connectivity index (χ4n) is 3.11. The Kier molecular flexibility index (Phi) is 4.12. The number of benzene rings is 1. The van der Waals surface area contributed by atoms with Crippen LogP contribution in [0.4, 0.5) is 5.69 Å². The van der Waals surface area contributed by atoms with Crippen molar-refractivity contribution in [2.45, 2.75) is 38.1 Å². The molecule has 2 atom stereocenters. The van der Waals surface area contributed by atoms with E-state index < -0.39 is 0 Å². The average Bonchev–Trinajstić information content (AvgIpc) is 2.83. The fraction of sp³-hybridized carbons (Fsp3) is 0.600. The normalized spacial score (nSPS) is 27.2. The summed E-state index contributed by atoms with van der Waals surface area (Å²) in [6, 6.07) is 7.93. The molecular weight excluding hydrogens is 226 g/mol. The number of anilines is 1. The molecule has 2 rings (SSSR count). The summed E-state index contributed by atoms with van der Waals surface area (Å²) in [5, 5.41) is 13.3. The number of aliphatic hydroxyl groups excluding tert-OH is 1. The molecule has 1 aliphatic carbocycles. The lowest BCUT2D eigenvalue weighted by molar-refractivity contribution is 0.174. The second kappa shape index (κ2) is 5.61. The monoisotopic (exact) mass is 249 g/mol. The molecule has 0 bridgehead atoms. The van der Waals surface area contributed by atoms with Gasteiger partial charge in [0, 0.05) is 5.69 Å². The van der Waals surface area contributed by atoms with Crippen LogP contribution in [-0.2, 0) is 0 Å². The predicted molar refractivity (Wildman–Crippen MR) is 74.1 cm³/mol. The van der Waals surface area contributed by atoms with Crippen LogP contribution in [0.2, 0.25) is 0 Å². The van der Waals surface area contributed by atoms with E-state index in [4.69, 9.17) is 4.74 Å². The van der Waals surface area contributed by atoms with Gasteiger partial charge in [0.1, 0.15) is 5.75 Å². The summed E-state index contributed by atoms with van der Waals surface area (Å²) in [7, 11) is 1.67. The standard InChI is InChI=1S/C15H23NO2/c1-3-12-5-4-10-15(12,11-17)16-13-6-8-14(18-2)9-7-13/h6-9,12,16-17H,3-5,10-11H2,1-2H3. The second-order valence-corrected chi connectivity index (χ2v) is 5.17. The van der Waals surface area contributed by atoms with Gasteiger partial charge in [-0.1, -0.05) is 19.8 Å². The molecule has 1 saturated carbocycles. The topological polar surface area (TPSA) is 41.5 Å². The van der Waals surface area contributed by atoms with Crippen LogP contribution in [0.5, 0.6) is 5.75 Å². The number of hydrogen-bond donors (Lipinski definition) is 2. The zero-order valence-corrected chi connectivity index (χ0v) is 11.3. The molecule has 0 aromatic heterocycles. The van der Waals surface area contributed by atoms with E-state index in [9.17, 15) is 5.11 Å². The Labute approximate surface area is 109 Å². The highest BCUT2D eigenvalue weighted by Crippen LogP contribution is 2.40. The van der Waals surface area contributed by atoms with Gasteiger partial charge >= 0.3 is 0 Å². The summed E-state index contributed by atoms with van der Waals surface area (Å²) in [6.45, 7) is 2.41. The summed E-state index contributed by atoms with van der Waals surface area (Å²) in [6.07, 6.45) is 4.57. The highest BCUT2D eigenvalue weighted by molar-refractivity contribution is 5.49. The largest absolute Gasteiger partial charge is 0.497 e. The lowest BCUT2D eigenvalue weighted by Gasteiger charge is -2.35. The van der Waals surface area contributed by atoms with E-state index in [1.54, 1.807) is 7.11 Å². The molecule has 0 radical (unpaired) electrons. The van der Waals surface area contributed by atoms with Crippen LogP contribution >= 0.6 is 0 Å². The van der Waals surface area contributed by atoms with Crippen molar-refractivity contribution in [1.29, 1.82) is 0 Å². The first-order chi connectivity index (χ1) is 8.74. The van der Waals surface area contributed by atoms with E-state index in [1.165, 1.54) is 12.8 Å². The number of methoxy groups -OCH3 is 1. The van der Waals surface area contributed by atoms with Crippen LogP contribution in [0.3, 0.4) is 0 Å². The lowest BCUT2D eigenvalue weighted by atomic mass is 9.85. The molecule has 18 heavy (non-hydrogen) atoms. The van der Waals surface area contributed by atoms with Crippen LogP contribution < -0.4 is 10.1 Å². The summed E-state index contributed by atoms with van der Waals surface area (Å²) in [5.74, 6) is 1.42.